The Labute approximate surface area is 158 Å². The minimum atomic E-state index is -0.0670. The molecule has 4 rings (SSSR count). The summed E-state index contributed by atoms with van der Waals surface area (Å²) >= 11 is 0. The molecule has 3 aromatic rings. The van der Waals surface area contributed by atoms with Crippen LogP contribution >= 0.6 is 0 Å². The van der Waals surface area contributed by atoms with Crippen LogP contribution < -0.4 is 5.32 Å². The van der Waals surface area contributed by atoms with Gasteiger partial charge in [0.1, 0.15) is 0 Å². The van der Waals surface area contributed by atoms with Gasteiger partial charge >= 0.3 is 0 Å². The number of nitrogens with one attached hydrogen (secondary N) is 2. The summed E-state index contributed by atoms with van der Waals surface area (Å²) in [6.45, 7) is 4.23. The number of aromatic amines is 1. The second kappa shape index (κ2) is 6.40. The lowest BCUT2D eigenvalue weighted by Crippen LogP contribution is -2.26. The van der Waals surface area contributed by atoms with Gasteiger partial charge in [0.2, 0.25) is 0 Å². The fraction of sp³-hybridized carbons (Fsp3) is 0.227. The Morgan fingerprint density at radius 3 is 2.70 bits per heavy atom. The van der Waals surface area contributed by atoms with Crippen molar-refractivity contribution in [1.29, 1.82) is 5.26 Å². The molecule has 0 saturated heterocycles. The Bertz CT molecular complexity index is 1060. The zero-order valence-electron chi connectivity index (χ0n) is 15.3. The number of fused-ring (bicyclic) bond motifs is 1. The molecule has 1 aliphatic carbocycles. The predicted molar refractivity (Wildman–Crippen MR) is 105 cm³/mol. The van der Waals surface area contributed by atoms with Crippen molar-refractivity contribution < 1.29 is 4.79 Å². The van der Waals surface area contributed by atoms with Crippen LogP contribution in [0.1, 0.15) is 41.9 Å². The van der Waals surface area contributed by atoms with Crippen molar-refractivity contribution in [2.75, 3.05) is 5.32 Å². The number of rotatable bonds is 3. The van der Waals surface area contributed by atoms with Crippen LogP contribution in [0.25, 0.3) is 11.3 Å². The maximum Gasteiger partial charge on any atom is 0.167 e. The molecular weight excluding hydrogens is 336 g/mol. The molecule has 5 heteroatoms. The van der Waals surface area contributed by atoms with Gasteiger partial charge in [-0.25, -0.2) is 0 Å². The number of benzene rings is 1. The molecule has 0 bridgehead atoms. The average molecular weight is 356 g/mol. The van der Waals surface area contributed by atoms with Crippen molar-refractivity contribution in [3.05, 3.63) is 65.6 Å². The standard InChI is InChI=1S/C22H20N4O/c1-22(2)11-17-19(18(27)12-22)21(20(26-17)15-6-8-24-9-7-15)25-16-5-3-4-14(10-16)13-23/h3-10,25-26H,11-12H2,1-2H3. The van der Waals surface area contributed by atoms with Crippen LogP contribution in [0.5, 0.6) is 0 Å². The summed E-state index contributed by atoms with van der Waals surface area (Å²) in [6.07, 6.45) is 4.80. The van der Waals surface area contributed by atoms with Crippen LogP contribution in [-0.4, -0.2) is 15.8 Å². The van der Waals surface area contributed by atoms with E-state index in [4.69, 9.17) is 5.26 Å². The van der Waals surface area contributed by atoms with Crippen molar-refractivity contribution in [3.63, 3.8) is 0 Å². The number of pyridine rings is 1. The zero-order chi connectivity index (χ0) is 19.0. The summed E-state index contributed by atoms with van der Waals surface area (Å²) < 4.78 is 0. The lowest BCUT2D eigenvalue weighted by atomic mass is 9.76. The minimum absolute atomic E-state index is 0.0670. The molecule has 2 heterocycles. The number of hydrogen-bond acceptors (Lipinski definition) is 4. The molecule has 134 valence electrons. The first kappa shape index (κ1) is 17.0. The van der Waals surface area contributed by atoms with Crippen molar-refractivity contribution in [3.8, 4) is 17.3 Å². The highest BCUT2D eigenvalue weighted by atomic mass is 16.1. The number of carbonyl (C=O) groups excluding carboxylic acids is 1. The largest absolute Gasteiger partial charge is 0.356 e. The lowest BCUT2D eigenvalue weighted by Gasteiger charge is -2.28. The van der Waals surface area contributed by atoms with Gasteiger partial charge in [-0.2, -0.15) is 5.26 Å². The van der Waals surface area contributed by atoms with E-state index in [1.165, 1.54) is 0 Å². The molecule has 27 heavy (non-hydrogen) atoms. The third-order valence-electron chi connectivity index (χ3n) is 4.88. The van der Waals surface area contributed by atoms with E-state index < -0.39 is 0 Å². The first-order valence-corrected chi connectivity index (χ1v) is 8.92. The summed E-state index contributed by atoms with van der Waals surface area (Å²) in [6, 6.07) is 13.3. The number of nitriles is 1. The fourth-order valence-corrected chi connectivity index (χ4v) is 3.73. The first-order chi connectivity index (χ1) is 13.0. The molecule has 5 nitrogen and oxygen atoms in total. The zero-order valence-corrected chi connectivity index (χ0v) is 15.3. The second-order valence-electron chi connectivity index (χ2n) is 7.72. The van der Waals surface area contributed by atoms with E-state index >= 15 is 0 Å². The fourth-order valence-electron chi connectivity index (χ4n) is 3.73. The Hall–Kier alpha value is -3.39. The highest BCUT2D eigenvalue weighted by molar-refractivity contribution is 6.07. The van der Waals surface area contributed by atoms with Crippen molar-refractivity contribution in [2.45, 2.75) is 26.7 Å². The van der Waals surface area contributed by atoms with E-state index in [0.717, 1.165) is 40.3 Å². The Kier molecular flexibility index (Phi) is 4.04. The van der Waals surface area contributed by atoms with Gasteiger partial charge in [-0.05, 0) is 42.2 Å². The summed E-state index contributed by atoms with van der Waals surface area (Å²) in [7, 11) is 0. The molecule has 0 unspecified atom stereocenters. The van der Waals surface area contributed by atoms with Crippen molar-refractivity contribution in [2.24, 2.45) is 5.41 Å². The molecule has 1 aliphatic rings. The molecule has 0 radical (unpaired) electrons. The van der Waals surface area contributed by atoms with E-state index in [0.29, 0.717) is 12.0 Å². The van der Waals surface area contributed by atoms with Gasteiger partial charge in [0.15, 0.2) is 5.78 Å². The topological polar surface area (TPSA) is 81.6 Å². The number of Topliss-reactive ketones (excluding diaryl/α,β-unsaturated/α-hetero) is 1. The summed E-state index contributed by atoms with van der Waals surface area (Å²) in [5.74, 6) is 0.136. The minimum Gasteiger partial charge on any atom is -0.356 e. The molecule has 2 aromatic heterocycles. The quantitative estimate of drug-likeness (QED) is 0.703. The van der Waals surface area contributed by atoms with Gasteiger partial charge in [-0.15, -0.1) is 0 Å². The Morgan fingerprint density at radius 2 is 1.96 bits per heavy atom. The average Bonchev–Trinajstić information content (AvgIpc) is 2.99. The highest BCUT2D eigenvalue weighted by Crippen LogP contribution is 2.43. The molecule has 2 N–H and O–H groups in total. The molecule has 0 fully saturated rings. The normalized spacial score (nSPS) is 15.1. The van der Waals surface area contributed by atoms with Crippen LogP contribution in [0, 0.1) is 16.7 Å². The number of hydrogen-bond donors (Lipinski definition) is 2. The maximum atomic E-state index is 13.0. The maximum absolute atomic E-state index is 13.0. The summed E-state index contributed by atoms with van der Waals surface area (Å²) in [5.41, 5.74) is 5.57. The van der Waals surface area contributed by atoms with Gasteiger partial charge in [0.05, 0.1) is 28.6 Å². The van der Waals surface area contributed by atoms with E-state index in [9.17, 15) is 4.79 Å². The van der Waals surface area contributed by atoms with Crippen LogP contribution in [0.15, 0.2) is 48.8 Å². The van der Waals surface area contributed by atoms with E-state index in [1.54, 1.807) is 24.5 Å². The van der Waals surface area contributed by atoms with Gasteiger partial charge in [-0.1, -0.05) is 19.9 Å². The number of anilines is 2. The van der Waals surface area contributed by atoms with E-state index in [2.05, 4.69) is 35.2 Å². The summed E-state index contributed by atoms with van der Waals surface area (Å²) in [5, 5.41) is 12.6. The number of carbonyl (C=O) groups is 1. The van der Waals surface area contributed by atoms with Crippen molar-refractivity contribution >= 4 is 17.2 Å². The van der Waals surface area contributed by atoms with Crippen LogP contribution in [0.2, 0.25) is 0 Å². The third kappa shape index (κ3) is 3.22. The molecule has 0 spiro atoms. The SMILES string of the molecule is CC1(C)CC(=O)c2c([nH]c(-c3ccncc3)c2Nc2cccc(C#N)c2)C1. The molecule has 0 atom stereocenters. The van der Waals surface area contributed by atoms with Crippen molar-refractivity contribution in [1.82, 2.24) is 9.97 Å². The van der Waals surface area contributed by atoms with Gasteiger partial charge < -0.3 is 10.3 Å². The van der Waals surface area contributed by atoms with Crippen LogP contribution in [0.4, 0.5) is 11.4 Å². The smallest absolute Gasteiger partial charge is 0.167 e. The number of H-pyrrole nitrogens is 1. The van der Waals surface area contributed by atoms with Crippen LogP contribution in [-0.2, 0) is 6.42 Å². The molecule has 1 aromatic carbocycles. The number of nitrogens with zero attached hydrogens (tertiary/aromatic N) is 2. The lowest BCUT2D eigenvalue weighted by molar-refractivity contribution is 0.0912. The van der Waals surface area contributed by atoms with E-state index in [-0.39, 0.29) is 11.2 Å². The monoisotopic (exact) mass is 356 g/mol. The van der Waals surface area contributed by atoms with Gasteiger partial charge in [0.25, 0.3) is 0 Å². The molecule has 0 amide bonds. The molecule has 0 saturated carbocycles. The molecule has 0 aliphatic heterocycles. The van der Waals surface area contributed by atoms with Gasteiger partial charge in [0, 0.05) is 35.8 Å². The molecular formula is C22H20N4O. The van der Waals surface area contributed by atoms with Gasteiger partial charge in [-0.3, -0.25) is 9.78 Å². The number of ketones is 1. The first-order valence-electron chi connectivity index (χ1n) is 8.92. The highest BCUT2D eigenvalue weighted by Gasteiger charge is 2.35. The number of aromatic nitrogens is 2. The Morgan fingerprint density at radius 1 is 1.19 bits per heavy atom. The Balaban J connectivity index is 1.87. The van der Waals surface area contributed by atoms with E-state index in [1.807, 2.05) is 24.3 Å². The second-order valence-corrected chi connectivity index (χ2v) is 7.72. The predicted octanol–water partition coefficient (Wildman–Crippen LogP) is 4.85. The van der Waals surface area contributed by atoms with Crippen LogP contribution in [0.3, 0.4) is 0 Å². The third-order valence-corrected chi connectivity index (χ3v) is 4.88. The summed E-state index contributed by atoms with van der Waals surface area (Å²) in [4.78, 5) is 20.5.